The van der Waals surface area contributed by atoms with Crippen LogP contribution in [-0.4, -0.2) is 40.2 Å². The monoisotopic (exact) mass is 524 g/mol. The molecule has 9 heteroatoms. The number of halogens is 1. The van der Waals surface area contributed by atoms with Crippen molar-refractivity contribution in [3.8, 4) is 11.5 Å². The number of amidine groups is 2. The Morgan fingerprint density at radius 1 is 1.06 bits per heavy atom. The molecule has 7 nitrogen and oxygen atoms in total. The second-order valence-corrected chi connectivity index (χ2v) is 9.85. The maximum Gasteiger partial charge on any atom is 0.283 e. The van der Waals surface area contributed by atoms with Crippen LogP contribution in [0.4, 0.5) is 0 Å². The molecule has 188 valence electrons. The molecule has 0 bridgehead atoms. The number of hydrazone groups is 1. The number of carbonyl (C=O) groups excluding carboxylic acids is 1. The maximum absolute atomic E-state index is 12.8. The molecular formula is C27H29ClN4O3S. The number of ether oxygens (including phenoxy) is 2. The highest BCUT2D eigenvalue weighted by atomic mass is 35.5. The fourth-order valence-corrected chi connectivity index (χ4v) is 4.87. The molecule has 0 radical (unpaired) electrons. The van der Waals surface area contributed by atoms with Crippen LogP contribution in [0.1, 0.15) is 51.0 Å². The lowest BCUT2D eigenvalue weighted by molar-refractivity contribution is -0.114. The number of nitrogens with one attached hydrogen (secondary N) is 1. The lowest BCUT2D eigenvalue weighted by Gasteiger charge is -2.20. The fourth-order valence-electron chi connectivity index (χ4n) is 3.76. The molecule has 0 saturated carbocycles. The van der Waals surface area contributed by atoms with Gasteiger partial charge in [0.15, 0.2) is 5.84 Å². The van der Waals surface area contributed by atoms with Gasteiger partial charge < -0.3 is 9.47 Å². The number of amides is 1. The van der Waals surface area contributed by atoms with Gasteiger partial charge in [0.2, 0.25) is 5.17 Å². The number of nitrogens with zero attached hydrogens (tertiary/aromatic N) is 3. The van der Waals surface area contributed by atoms with Gasteiger partial charge in [-0.25, -0.2) is 0 Å². The summed E-state index contributed by atoms with van der Waals surface area (Å²) in [6, 6.07) is 14.7. The summed E-state index contributed by atoms with van der Waals surface area (Å²) in [7, 11) is 0. The van der Waals surface area contributed by atoms with E-state index in [4.69, 9.17) is 26.5 Å². The molecule has 2 aromatic rings. The first kappa shape index (κ1) is 26.0. The zero-order valence-electron chi connectivity index (χ0n) is 20.2. The van der Waals surface area contributed by atoms with Crippen LogP contribution in [0.15, 0.2) is 64.2 Å². The van der Waals surface area contributed by atoms with Crippen molar-refractivity contribution in [2.75, 3.05) is 13.2 Å². The summed E-state index contributed by atoms with van der Waals surface area (Å²) in [6.45, 7) is 2.85. The molecule has 2 heterocycles. The molecule has 1 amide bonds. The van der Waals surface area contributed by atoms with E-state index in [9.17, 15) is 4.79 Å². The predicted molar refractivity (Wildman–Crippen MR) is 147 cm³/mol. The first-order chi connectivity index (χ1) is 17.5. The maximum atomic E-state index is 12.8. The Hall–Kier alpha value is -3.10. The van der Waals surface area contributed by atoms with Crippen molar-refractivity contribution in [2.45, 2.75) is 45.4 Å². The average Bonchev–Trinajstić information content (AvgIpc) is 3.28. The Morgan fingerprint density at radius 2 is 1.83 bits per heavy atom. The summed E-state index contributed by atoms with van der Waals surface area (Å²) in [6.07, 6.45) is 8.25. The quantitative estimate of drug-likeness (QED) is 0.244. The van der Waals surface area contributed by atoms with E-state index in [-0.39, 0.29) is 11.4 Å². The van der Waals surface area contributed by atoms with Crippen LogP contribution < -0.4 is 9.47 Å². The highest BCUT2D eigenvalue weighted by Crippen LogP contribution is 2.32. The molecule has 36 heavy (non-hydrogen) atoms. The molecule has 0 unspecified atom stereocenters. The zero-order chi connectivity index (χ0) is 25.3. The minimum Gasteiger partial charge on any atom is -0.490 e. The van der Waals surface area contributed by atoms with Gasteiger partial charge >= 0.3 is 0 Å². The van der Waals surface area contributed by atoms with Crippen LogP contribution in [0.25, 0.3) is 6.08 Å². The summed E-state index contributed by atoms with van der Waals surface area (Å²) in [5, 5.41) is 16.5. The van der Waals surface area contributed by atoms with E-state index in [0.717, 1.165) is 30.1 Å². The largest absolute Gasteiger partial charge is 0.490 e. The normalized spacial score (nSPS) is 16.2. The molecule has 2 aromatic carbocycles. The van der Waals surface area contributed by atoms with E-state index in [1.54, 1.807) is 24.3 Å². The molecule has 0 spiro atoms. The summed E-state index contributed by atoms with van der Waals surface area (Å²) in [5.41, 5.74) is 0.723. The Morgan fingerprint density at radius 3 is 2.64 bits per heavy atom. The Labute approximate surface area is 220 Å². The van der Waals surface area contributed by atoms with Gasteiger partial charge in [0, 0.05) is 10.6 Å². The fraction of sp³-hybridized carbons (Fsp3) is 0.333. The van der Waals surface area contributed by atoms with E-state index in [1.807, 2.05) is 30.3 Å². The van der Waals surface area contributed by atoms with E-state index < -0.39 is 5.91 Å². The van der Waals surface area contributed by atoms with E-state index in [1.165, 1.54) is 36.0 Å². The molecular weight excluding hydrogens is 496 g/mol. The molecule has 0 aromatic heterocycles. The SMILES string of the molecule is CCCCCCCC1=NN2C(=N)/C(=C/c3cc(Cl)ccc3OCCOc3ccccc3)C(=O)N=C2S1. The Kier molecular flexibility index (Phi) is 9.19. The summed E-state index contributed by atoms with van der Waals surface area (Å²) >= 11 is 7.59. The van der Waals surface area contributed by atoms with Gasteiger partial charge in [-0.15, -0.1) is 0 Å². The number of thioether (sulfide) groups is 1. The highest BCUT2D eigenvalue weighted by Gasteiger charge is 2.35. The van der Waals surface area contributed by atoms with E-state index in [2.05, 4.69) is 17.0 Å². The van der Waals surface area contributed by atoms with Gasteiger partial charge in [0.25, 0.3) is 5.91 Å². The van der Waals surface area contributed by atoms with Gasteiger partial charge in [0.05, 0.1) is 5.57 Å². The molecule has 0 aliphatic carbocycles. The van der Waals surface area contributed by atoms with Crippen LogP contribution in [0, 0.1) is 5.41 Å². The third-order valence-electron chi connectivity index (χ3n) is 5.62. The Balaban J connectivity index is 1.43. The lowest BCUT2D eigenvalue weighted by atomic mass is 10.1. The summed E-state index contributed by atoms with van der Waals surface area (Å²) in [5.74, 6) is 0.818. The van der Waals surface area contributed by atoms with Gasteiger partial charge in [-0.3, -0.25) is 10.2 Å². The van der Waals surface area contributed by atoms with Crippen LogP contribution in [0.5, 0.6) is 11.5 Å². The van der Waals surface area contributed by atoms with Crippen LogP contribution in [0.2, 0.25) is 5.02 Å². The number of carbonyl (C=O) groups is 1. The van der Waals surface area contributed by atoms with Gasteiger partial charge in [-0.05, 0) is 61.0 Å². The lowest BCUT2D eigenvalue weighted by Crippen LogP contribution is -2.35. The van der Waals surface area contributed by atoms with Gasteiger partial charge in [-0.2, -0.15) is 15.1 Å². The smallest absolute Gasteiger partial charge is 0.283 e. The minimum atomic E-state index is -0.475. The molecule has 0 fully saturated rings. The topological polar surface area (TPSA) is 87.3 Å². The average molecular weight is 525 g/mol. The van der Waals surface area contributed by atoms with Crippen molar-refractivity contribution >= 4 is 51.4 Å². The number of para-hydroxylation sites is 1. The number of aliphatic imine (C=N–C) groups is 1. The molecule has 2 aliphatic heterocycles. The van der Waals surface area contributed by atoms with Crippen molar-refractivity contribution in [2.24, 2.45) is 10.1 Å². The van der Waals surface area contributed by atoms with Crippen molar-refractivity contribution < 1.29 is 14.3 Å². The second-order valence-electron chi connectivity index (χ2n) is 8.37. The van der Waals surface area contributed by atoms with E-state index >= 15 is 0 Å². The number of hydrogen-bond acceptors (Lipinski definition) is 6. The summed E-state index contributed by atoms with van der Waals surface area (Å²) in [4.78, 5) is 17.0. The van der Waals surface area contributed by atoms with Crippen molar-refractivity contribution in [3.05, 3.63) is 64.7 Å². The molecule has 2 aliphatic rings. The van der Waals surface area contributed by atoms with Crippen molar-refractivity contribution in [1.29, 1.82) is 5.41 Å². The van der Waals surface area contributed by atoms with Crippen molar-refractivity contribution in [3.63, 3.8) is 0 Å². The zero-order valence-corrected chi connectivity index (χ0v) is 21.8. The number of hydrogen-bond donors (Lipinski definition) is 1. The molecule has 0 atom stereocenters. The van der Waals surface area contributed by atoms with Gasteiger partial charge in [0.1, 0.15) is 29.8 Å². The Bertz CT molecular complexity index is 1200. The second kappa shape index (κ2) is 12.7. The number of unbranched alkanes of at least 4 members (excludes halogenated alkanes) is 4. The molecule has 0 saturated heterocycles. The van der Waals surface area contributed by atoms with Crippen LogP contribution in [0.3, 0.4) is 0 Å². The predicted octanol–water partition coefficient (Wildman–Crippen LogP) is 6.78. The van der Waals surface area contributed by atoms with E-state index in [0.29, 0.717) is 34.7 Å². The summed E-state index contributed by atoms with van der Waals surface area (Å²) < 4.78 is 11.6. The number of fused-ring (bicyclic) bond motifs is 1. The third-order valence-corrected chi connectivity index (χ3v) is 6.82. The first-order valence-electron chi connectivity index (χ1n) is 12.1. The molecule has 1 N–H and O–H groups in total. The number of rotatable bonds is 12. The van der Waals surface area contributed by atoms with Crippen molar-refractivity contribution in [1.82, 2.24) is 5.01 Å². The van der Waals surface area contributed by atoms with Gasteiger partial charge in [-0.1, -0.05) is 62.4 Å². The minimum absolute atomic E-state index is 0.00294. The third kappa shape index (κ3) is 6.77. The van der Waals surface area contributed by atoms with Crippen LogP contribution in [-0.2, 0) is 4.79 Å². The number of benzene rings is 2. The highest BCUT2D eigenvalue weighted by molar-refractivity contribution is 8.26. The first-order valence-corrected chi connectivity index (χ1v) is 13.3. The molecule has 4 rings (SSSR count). The van der Waals surface area contributed by atoms with Crippen LogP contribution >= 0.6 is 23.4 Å². The standard InChI is InChI=1S/C27H29ClN4O3S/c1-2-3-4-5-9-12-24-31-32-25(29)22(26(33)30-27(32)36-24)18-19-17-20(28)13-14-23(19)35-16-15-34-21-10-7-6-8-11-21/h6-8,10-11,13-14,17-18,29H,2-5,9,12,15-16H2,1H3/b22-18-,29-25?.